The molecule has 0 saturated heterocycles. The zero-order valence-electron chi connectivity index (χ0n) is 7.96. The summed E-state index contributed by atoms with van der Waals surface area (Å²) in [4.78, 5) is 0. The molecular weight excluding hydrogens is 238 g/mol. The molecule has 0 saturated carbocycles. The maximum Gasteiger partial charge on any atom is 0.0513 e. The summed E-state index contributed by atoms with van der Waals surface area (Å²) >= 11 is 3.57. The summed E-state index contributed by atoms with van der Waals surface area (Å²) < 4.78 is 3.60. The lowest BCUT2D eigenvalue weighted by Gasteiger charge is -2.04. The quantitative estimate of drug-likeness (QED) is 0.671. The van der Waals surface area contributed by atoms with Crippen LogP contribution in [0.2, 0.25) is 0 Å². The third kappa shape index (κ3) is 1.21. The van der Waals surface area contributed by atoms with Crippen LogP contribution >= 0.6 is 15.9 Å². The summed E-state index contributed by atoms with van der Waals surface area (Å²) in [7, 11) is 0. The molecule has 2 aromatic rings. The molecule has 3 rings (SSSR count). The summed E-state index contributed by atoms with van der Waals surface area (Å²) in [5.41, 5.74) is 2.95. The zero-order chi connectivity index (χ0) is 9.54. The second-order valence-corrected chi connectivity index (χ2v) is 4.88. The molecule has 0 fully saturated rings. The number of benzene rings is 1. The highest BCUT2D eigenvalue weighted by Crippen LogP contribution is 2.28. The molecule has 14 heavy (non-hydrogen) atoms. The maximum absolute atomic E-state index is 3.57. The van der Waals surface area contributed by atoms with Crippen molar-refractivity contribution in [1.82, 2.24) is 4.57 Å². The van der Waals surface area contributed by atoms with Crippen molar-refractivity contribution in [3.8, 4) is 0 Å². The minimum Gasteiger partial charge on any atom is -0.347 e. The van der Waals surface area contributed by atoms with Crippen molar-refractivity contribution in [1.29, 1.82) is 0 Å². The Morgan fingerprint density at radius 2 is 2.14 bits per heavy atom. The average Bonchev–Trinajstić information content (AvgIpc) is 2.43. The fourth-order valence-corrected chi connectivity index (χ4v) is 2.90. The Labute approximate surface area is 91.9 Å². The zero-order valence-corrected chi connectivity index (χ0v) is 9.55. The van der Waals surface area contributed by atoms with Gasteiger partial charge in [-0.3, -0.25) is 0 Å². The van der Waals surface area contributed by atoms with E-state index in [2.05, 4.69) is 44.9 Å². The summed E-state index contributed by atoms with van der Waals surface area (Å²) in [6, 6.07) is 6.69. The molecule has 0 radical (unpaired) electrons. The van der Waals surface area contributed by atoms with E-state index < -0.39 is 0 Å². The molecule has 0 aliphatic carbocycles. The maximum atomic E-state index is 3.57. The summed E-state index contributed by atoms with van der Waals surface area (Å²) in [5, 5.41) is 1.37. The normalized spacial score (nSPS) is 15.8. The Morgan fingerprint density at radius 1 is 1.21 bits per heavy atom. The van der Waals surface area contributed by atoms with Crippen LogP contribution in [0.15, 0.2) is 28.9 Å². The molecule has 1 aromatic carbocycles. The van der Waals surface area contributed by atoms with Gasteiger partial charge < -0.3 is 4.57 Å². The van der Waals surface area contributed by atoms with Crippen molar-refractivity contribution in [2.24, 2.45) is 0 Å². The van der Waals surface area contributed by atoms with Gasteiger partial charge in [-0.25, -0.2) is 0 Å². The van der Waals surface area contributed by atoms with Gasteiger partial charge in [-0.05, 0) is 43.0 Å². The number of rotatable bonds is 0. The Hall–Kier alpha value is -0.760. The van der Waals surface area contributed by atoms with Crippen LogP contribution in [-0.4, -0.2) is 4.57 Å². The SMILES string of the molecule is Brc1cc2c3c(ccn3CCCC2)c1. The molecule has 0 N–H and O–H groups in total. The first-order valence-corrected chi connectivity index (χ1v) is 5.91. The van der Waals surface area contributed by atoms with Gasteiger partial charge >= 0.3 is 0 Å². The van der Waals surface area contributed by atoms with Crippen LogP contribution in [-0.2, 0) is 13.0 Å². The predicted molar refractivity (Wildman–Crippen MR) is 62.6 cm³/mol. The standard InChI is InChI=1S/C12H12BrN/c13-11-7-9-3-1-2-5-14-6-4-10(8-11)12(9)14/h4,6-8H,1-3,5H2. The Kier molecular flexibility index (Phi) is 1.91. The first-order valence-electron chi connectivity index (χ1n) is 5.12. The average molecular weight is 250 g/mol. The number of hydrogen-bond acceptors (Lipinski definition) is 0. The molecule has 0 spiro atoms. The van der Waals surface area contributed by atoms with Crippen LogP contribution in [0.4, 0.5) is 0 Å². The van der Waals surface area contributed by atoms with Gasteiger partial charge in [-0.2, -0.15) is 0 Å². The van der Waals surface area contributed by atoms with Crippen LogP contribution in [0.25, 0.3) is 10.9 Å². The first kappa shape index (κ1) is 8.54. The van der Waals surface area contributed by atoms with Crippen molar-refractivity contribution in [2.75, 3.05) is 0 Å². The van der Waals surface area contributed by atoms with Crippen molar-refractivity contribution >= 4 is 26.8 Å². The molecule has 0 atom stereocenters. The number of nitrogens with zero attached hydrogens (tertiary/aromatic N) is 1. The van der Waals surface area contributed by atoms with Gasteiger partial charge in [0.1, 0.15) is 0 Å². The Morgan fingerprint density at radius 3 is 3.07 bits per heavy atom. The number of hydrogen-bond donors (Lipinski definition) is 0. The van der Waals surface area contributed by atoms with E-state index in [0.717, 1.165) is 0 Å². The molecule has 1 aromatic heterocycles. The molecule has 2 heterocycles. The third-order valence-electron chi connectivity index (χ3n) is 3.00. The van der Waals surface area contributed by atoms with Crippen molar-refractivity contribution < 1.29 is 0 Å². The topological polar surface area (TPSA) is 4.93 Å². The summed E-state index contributed by atoms with van der Waals surface area (Å²) in [6.07, 6.45) is 6.05. The van der Waals surface area contributed by atoms with Gasteiger partial charge in [0.15, 0.2) is 0 Å². The van der Waals surface area contributed by atoms with Crippen molar-refractivity contribution in [3.63, 3.8) is 0 Å². The van der Waals surface area contributed by atoms with Crippen LogP contribution in [0.1, 0.15) is 18.4 Å². The molecule has 0 amide bonds. The van der Waals surface area contributed by atoms with E-state index in [1.807, 2.05) is 0 Å². The summed E-state index contributed by atoms with van der Waals surface area (Å²) in [6.45, 7) is 1.18. The molecule has 1 aliphatic rings. The van der Waals surface area contributed by atoms with E-state index in [-0.39, 0.29) is 0 Å². The molecule has 2 heteroatoms. The lowest BCUT2D eigenvalue weighted by molar-refractivity contribution is 0.645. The Bertz CT molecular complexity index is 484. The second kappa shape index (κ2) is 3.13. The molecule has 72 valence electrons. The van der Waals surface area contributed by atoms with Crippen LogP contribution in [0.5, 0.6) is 0 Å². The van der Waals surface area contributed by atoms with Crippen LogP contribution in [0, 0.1) is 0 Å². The second-order valence-electron chi connectivity index (χ2n) is 3.97. The molecule has 0 bridgehead atoms. The lowest BCUT2D eigenvalue weighted by atomic mass is 10.1. The number of aromatic nitrogens is 1. The van der Waals surface area contributed by atoms with Crippen molar-refractivity contribution in [3.05, 3.63) is 34.4 Å². The highest BCUT2D eigenvalue weighted by molar-refractivity contribution is 9.10. The molecular formula is C12H12BrN. The van der Waals surface area contributed by atoms with Gasteiger partial charge in [0.05, 0.1) is 5.52 Å². The Balaban J connectivity index is 2.39. The first-order chi connectivity index (χ1) is 6.84. The van der Waals surface area contributed by atoms with E-state index in [1.165, 1.54) is 46.7 Å². The van der Waals surface area contributed by atoms with Gasteiger partial charge in [-0.1, -0.05) is 15.9 Å². The van der Waals surface area contributed by atoms with Gasteiger partial charge in [-0.15, -0.1) is 0 Å². The summed E-state index contributed by atoms with van der Waals surface area (Å²) in [5.74, 6) is 0. The highest BCUT2D eigenvalue weighted by atomic mass is 79.9. The third-order valence-corrected chi connectivity index (χ3v) is 3.46. The van der Waals surface area contributed by atoms with E-state index >= 15 is 0 Å². The number of aryl methyl sites for hydroxylation is 2. The van der Waals surface area contributed by atoms with Crippen LogP contribution in [0.3, 0.4) is 0 Å². The van der Waals surface area contributed by atoms with E-state index in [9.17, 15) is 0 Å². The van der Waals surface area contributed by atoms with E-state index in [4.69, 9.17) is 0 Å². The highest BCUT2D eigenvalue weighted by Gasteiger charge is 2.11. The van der Waals surface area contributed by atoms with Gasteiger partial charge in [0.2, 0.25) is 0 Å². The molecule has 1 nitrogen and oxygen atoms in total. The largest absolute Gasteiger partial charge is 0.347 e. The minimum absolute atomic E-state index is 1.18. The fraction of sp³-hybridized carbons (Fsp3) is 0.333. The van der Waals surface area contributed by atoms with E-state index in [1.54, 1.807) is 0 Å². The smallest absolute Gasteiger partial charge is 0.0513 e. The lowest BCUT2D eigenvalue weighted by Crippen LogP contribution is -1.93. The van der Waals surface area contributed by atoms with Gasteiger partial charge in [0.25, 0.3) is 0 Å². The predicted octanol–water partition coefficient (Wildman–Crippen LogP) is 3.74. The van der Waals surface area contributed by atoms with Crippen LogP contribution < -0.4 is 0 Å². The number of halogens is 1. The molecule has 1 aliphatic heterocycles. The van der Waals surface area contributed by atoms with Crippen molar-refractivity contribution in [2.45, 2.75) is 25.8 Å². The van der Waals surface area contributed by atoms with Gasteiger partial charge in [0, 0.05) is 22.6 Å². The monoisotopic (exact) mass is 249 g/mol. The fourth-order valence-electron chi connectivity index (χ4n) is 2.38. The van der Waals surface area contributed by atoms with E-state index in [0.29, 0.717) is 0 Å². The molecule has 0 unspecified atom stereocenters. The minimum atomic E-state index is 1.18.